The summed E-state index contributed by atoms with van der Waals surface area (Å²) in [7, 11) is 1.66. The minimum atomic E-state index is 0.0212. The molecule has 222 valence electrons. The highest BCUT2D eigenvalue weighted by atomic mass is 32.2. The lowest BCUT2D eigenvalue weighted by Gasteiger charge is -2.30. The van der Waals surface area contributed by atoms with E-state index in [9.17, 15) is 4.79 Å². The van der Waals surface area contributed by atoms with Gasteiger partial charge in [-0.2, -0.15) is 4.99 Å². The number of carbonyl (C=O) groups excluding carboxylic acids is 1. The first-order valence-electron chi connectivity index (χ1n) is 15.3. The van der Waals surface area contributed by atoms with Gasteiger partial charge in [-0.25, -0.2) is 4.98 Å². The van der Waals surface area contributed by atoms with Crippen LogP contribution in [0.2, 0.25) is 0 Å². The molecule has 2 fully saturated rings. The van der Waals surface area contributed by atoms with Crippen molar-refractivity contribution in [3.63, 3.8) is 0 Å². The number of nitrogens with zero attached hydrogens (tertiary/aromatic N) is 3. The van der Waals surface area contributed by atoms with E-state index in [0.29, 0.717) is 22.4 Å². The number of hydrogen-bond donors (Lipinski definition) is 0. The molecule has 0 N–H and O–H groups in total. The van der Waals surface area contributed by atoms with Crippen molar-refractivity contribution in [3.05, 3.63) is 64.4 Å². The van der Waals surface area contributed by atoms with E-state index in [1.807, 2.05) is 64.9 Å². The fourth-order valence-electron chi connectivity index (χ4n) is 5.47. The molecule has 1 aliphatic heterocycles. The van der Waals surface area contributed by atoms with Gasteiger partial charge in [0.25, 0.3) is 5.91 Å². The highest BCUT2D eigenvalue weighted by molar-refractivity contribution is 8.18. The van der Waals surface area contributed by atoms with Gasteiger partial charge in [0, 0.05) is 17.0 Å². The largest absolute Gasteiger partial charge is 0.493 e. The van der Waals surface area contributed by atoms with Crippen molar-refractivity contribution in [2.24, 2.45) is 4.99 Å². The highest BCUT2D eigenvalue weighted by Crippen LogP contribution is 2.40. The van der Waals surface area contributed by atoms with E-state index in [4.69, 9.17) is 19.5 Å². The monoisotopic (exact) mass is 603 g/mol. The summed E-state index contributed by atoms with van der Waals surface area (Å²) in [5, 5.41) is 3.41. The van der Waals surface area contributed by atoms with Gasteiger partial charge in [0.2, 0.25) is 5.13 Å². The van der Waals surface area contributed by atoms with Crippen molar-refractivity contribution < 1.29 is 14.3 Å². The summed E-state index contributed by atoms with van der Waals surface area (Å²) in [6.07, 6.45) is 14.8. The van der Waals surface area contributed by atoms with Gasteiger partial charge in [-0.1, -0.05) is 94.7 Å². The van der Waals surface area contributed by atoms with E-state index in [1.165, 1.54) is 61.6 Å². The first kappa shape index (κ1) is 30.4. The van der Waals surface area contributed by atoms with Gasteiger partial charge in [0.05, 0.1) is 24.3 Å². The molecule has 0 atom stereocenters. The average molecular weight is 604 g/mol. The average Bonchev–Trinajstić information content (AvgIpc) is 3.62. The predicted octanol–water partition coefficient (Wildman–Crippen LogP) is 9.49. The van der Waals surface area contributed by atoms with Crippen LogP contribution in [0.1, 0.15) is 83.1 Å². The summed E-state index contributed by atoms with van der Waals surface area (Å²) in [5.41, 5.74) is 2.87. The van der Waals surface area contributed by atoms with Crippen LogP contribution in [0.5, 0.6) is 11.5 Å². The Labute approximate surface area is 258 Å². The SMILES string of the molecule is CCCCCCCCOc1ccc(/C=C2\S/C(=N/c3nc(-c4ccccc4)cs3)N(C3CCCCC3)C2=O)cc1OC. The van der Waals surface area contributed by atoms with Crippen LogP contribution in [0.15, 0.2) is 63.8 Å². The maximum Gasteiger partial charge on any atom is 0.267 e. The molecule has 1 saturated carbocycles. The molecule has 0 spiro atoms. The Morgan fingerprint density at radius 1 is 1.00 bits per heavy atom. The van der Waals surface area contributed by atoms with Gasteiger partial charge in [0.15, 0.2) is 16.7 Å². The maximum atomic E-state index is 13.8. The number of thioether (sulfide) groups is 1. The van der Waals surface area contributed by atoms with E-state index in [1.54, 1.807) is 7.11 Å². The Kier molecular flexibility index (Phi) is 11.1. The maximum absolute atomic E-state index is 13.8. The molecule has 3 aromatic rings. The number of unbranched alkanes of at least 4 members (excludes halogenated alkanes) is 5. The van der Waals surface area contributed by atoms with Crippen LogP contribution >= 0.6 is 23.1 Å². The molecule has 1 aromatic heterocycles. The molecule has 5 rings (SSSR count). The van der Waals surface area contributed by atoms with E-state index < -0.39 is 0 Å². The third-order valence-corrected chi connectivity index (χ3v) is 9.49. The molecular weight excluding hydrogens is 563 g/mol. The molecule has 42 heavy (non-hydrogen) atoms. The second-order valence-corrected chi connectivity index (χ2v) is 12.7. The van der Waals surface area contributed by atoms with E-state index in [-0.39, 0.29) is 11.9 Å². The number of benzene rings is 2. The van der Waals surface area contributed by atoms with Crippen LogP contribution in [0.25, 0.3) is 17.3 Å². The number of hydrogen-bond acceptors (Lipinski definition) is 7. The van der Waals surface area contributed by atoms with Gasteiger partial charge in [0.1, 0.15) is 0 Å². The minimum absolute atomic E-state index is 0.0212. The number of ether oxygens (including phenoxy) is 2. The minimum Gasteiger partial charge on any atom is -0.493 e. The van der Waals surface area contributed by atoms with Crippen molar-refractivity contribution in [2.75, 3.05) is 13.7 Å². The number of amides is 1. The summed E-state index contributed by atoms with van der Waals surface area (Å²) in [6, 6.07) is 16.2. The molecule has 0 bridgehead atoms. The predicted molar refractivity (Wildman–Crippen MR) is 176 cm³/mol. The molecule has 8 heteroatoms. The van der Waals surface area contributed by atoms with Crippen LogP contribution in [0.4, 0.5) is 5.13 Å². The summed E-state index contributed by atoms with van der Waals surface area (Å²) in [5.74, 6) is 1.44. The van der Waals surface area contributed by atoms with Crippen LogP contribution < -0.4 is 9.47 Å². The number of thiazole rings is 1. The molecule has 1 amide bonds. The van der Waals surface area contributed by atoms with E-state index in [0.717, 1.165) is 59.8 Å². The quantitative estimate of drug-likeness (QED) is 0.144. The van der Waals surface area contributed by atoms with Gasteiger partial charge in [-0.05, 0) is 54.8 Å². The van der Waals surface area contributed by atoms with Crippen LogP contribution in [0.3, 0.4) is 0 Å². The molecule has 0 radical (unpaired) electrons. The number of aliphatic imine (C=N–C) groups is 1. The fourth-order valence-corrected chi connectivity index (χ4v) is 7.27. The zero-order valence-corrected chi connectivity index (χ0v) is 26.4. The topological polar surface area (TPSA) is 64.0 Å². The van der Waals surface area contributed by atoms with E-state index >= 15 is 0 Å². The summed E-state index contributed by atoms with van der Waals surface area (Å²) >= 11 is 2.95. The van der Waals surface area contributed by atoms with Gasteiger partial charge in [-0.3, -0.25) is 9.69 Å². The Morgan fingerprint density at radius 2 is 1.79 bits per heavy atom. The molecule has 6 nitrogen and oxygen atoms in total. The van der Waals surface area contributed by atoms with Gasteiger partial charge < -0.3 is 9.47 Å². The summed E-state index contributed by atoms with van der Waals surface area (Å²) < 4.78 is 11.7. The number of amidine groups is 1. The Balaban J connectivity index is 1.33. The number of rotatable bonds is 13. The lowest BCUT2D eigenvalue weighted by Crippen LogP contribution is -2.40. The first-order valence-corrected chi connectivity index (χ1v) is 17.0. The van der Waals surface area contributed by atoms with Crippen LogP contribution in [0, 0.1) is 0 Å². The van der Waals surface area contributed by atoms with E-state index in [2.05, 4.69) is 6.92 Å². The standard InChI is InChI=1S/C34H41N3O3S2/c1-3-4-5-6-7-14-21-40-29-20-19-25(22-30(29)39-2)23-31-32(38)37(27-17-12-9-13-18-27)34(42-31)36-33-35-28(24-41-33)26-15-10-8-11-16-26/h8,10-11,15-16,19-20,22-24,27H,3-7,9,12-14,17-18,21H2,1-2H3/b31-23-,36-34+. The van der Waals surface area contributed by atoms with Crippen molar-refractivity contribution >= 4 is 45.4 Å². The van der Waals surface area contributed by atoms with Crippen molar-refractivity contribution in [1.29, 1.82) is 0 Å². The lowest BCUT2D eigenvalue weighted by molar-refractivity contribution is -0.124. The Morgan fingerprint density at radius 3 is 2.57 bits per heavy atom. The first-order chi connectivity index (χ1) is 20.7. The molecule has 2 aliphatic rings. The molecule has 0 unspecified atom stereocenters. The third-order valence-electron chi connectivity index (χ3n) is 7.77. The summed E-state index contributed by atoms with van der Waals surface area (Å²) in [6.45, 7) is 2.91. The molecule has 2 aromatic carbocycles. The molecule has 1 saturated heterocycles. The lowest BCUT2D eigenvalue weighted by atomic mass is 9.94. The Hall–Kier alpha value is -3.10. The Bertz CT molecular complexity index is 1380. The number of carbonyl (C=O) groups is 1. The number of methoxy groups -OCH3 is 1. The number of aromatic nitrogens is 1. The smallest absolute Gasteiger partial charge is 0.267 e. The van der Waals surface area contributed by atoms with Gasteiger partial charge in [-0.15, -0.1) is 11.3 Å². The second kappa shape index (κ2) is 15.4. The second-order valence-electron chi connectivity index (χ2n) is 10.9. The van der Waals surface area contributed by atoms with Crippen LogP contribution in [-0.4, -0.2) is 40.7 Å². The van der Waals surface area contributed by atoms with Crippen molar-refractivity contribution in [2.45, 2.75) is 83.6 Å². The highest BCUT2D eigenvalue weighted by Gasteiger charge is 2.39. The van der Waals surface area contributed by atoms with Crippen LogP contribution in [-0.2, 0) is 4.79 Å². The molecular formula is C34H41N3O3S2. The fraction of sp³-hybridized carbons (Fsp3) is 0.441. The zero-order valence-electron chi connectivity index (χ0n) is 24.7. The third kappa shape index (κ3) is 7.84. The summed E-state index contributed by atoms with van der Waals surface area (Å²) in [4.78, 5) is 26.1. The van der Waals surface area contributed by atoms with Crippen molar-refractivity contribution in [1.82, 2.24) is 9.88 Å². The molecule has 2 heterocycles. The van der Waals surface area contributed by atoms with Crippen molar-refractivity contribution in [3.8, 4) is 22.8 Å². The zero-order chi connectivity index (χ0) is 29.1. The normalized spacial score (nSPS) is 17.9. The van der Waals surface area contributed by atoms with Gasteiger partial charge >= 0.3 is 0 Å². The molecule has 1 aliphatic carbocycles.